The van der Waals surface area contributed by atoms with E-state index in [-0.39, 0.29) is 5.69 Å². The lowest BCUT2D eigenvalue weighted by Crippen LogP contribution is -1.99. The van der Waals surface area contributed by atoms with E-state index in [1.807, 2.05) is 24.4 Å². The van der Waals surface area contributed by atoms with Crippen LogP contribution in [0.1, 0.15) is 16.2 Å². The Kier molecular flexibility index (Phi) is 3.33. The zero-order valence-electron chi connectivity index (χ0n) is 10.4. The third kappa shape index (κ3) is 2.23. The maximum atomic E-state index is 11.2. The lowest BCUT2D eigenvalue weighted by molar-refractivity contribution is 0.111. The summed E-state index contributed by atoms with van der Waals surface area (Å²) >= 11 is 7.45. The predicted octanol–water partition coefficient (Wildman–Crippen LogP) is 3.17. The molecule has 0 aliphatic carbocycles. The van der Waals surface area contributed by atoms with E-state index in [0.29, 0.717) is 22.1 Å². The molecular formula is C13H9ClN4OS. The Balaban J connectivity index is 2.23. The molecule has 1 aromatic carbocycles. The third-order valence-electron chi connectivity index (χ3n) is 2.69. The first-order valence-electron chi connectivity index (χ1n) is 5.78. The second kappa shape index (κ2) is 5.15. The first kappa shape index (κ1) is 13.0. The van der Waals surface area contributed by atoms with Crippen LogP contribution >= 0.6 is 22.9 Å². The van der Waals surface area contributed by atoms with Crippen LogP contribution in [-0.4, -0.2) is 26.3 Å². The van der Waals surface area contributed by atoms with Gasteiger partial charge in [-0.2, -0.15) is 4.68 Å². The highest BCUT2D eigenvalue weighted by Gasteiger charge is 2.17. The predicted molar refractivity (Wildman–Crippen MR) is 77.6 cm³/mol. The van der Waals surface area contributed by atoms with Crippen LogP contribution in [0.15, 0.2) is 29.6 Å². The molecule has 7 heteroatoms. The van der Waals surface area contributed by atoms with Crippen LogP contribution in [0.2, 0.25) is 5.02 Å². The van der Waals surface area contributed by atoms with E-state index >= 15 is 0 Å². The van der Waals surface area contributed by atoms with E-state index in [2.05, 4.69) is 15.3 Å². The van der Waals surface area contributed by atoms with Crippen LogP contribution in [0.3, 0.4) is 0 Å². The highest BCUT2D eigenvalue weighted by atomic mass is 35.5. The van der Waals surface area contributed by atoms with Crippen molar-refractivity contribution in [2.75, 3.05) is 0 Å². The largest absolute Gasteiger partial charge is 0.296 e. The van der Waals surface area contributed by atoms with E-state index in [9.17, 15) is 4.79 Å². The second-order valence-corrected chi connectivity index (χ2v) is 5.41. The first-order valence-corrected chi connectivity index (χ1v) is 7.04. The zero-order chi connectivity index (χ0) is 14.1. The molecule has 0 N–H and O–H groups in total. The van der Waals surface area contributed by atoms with Crippen molar-refractivity contribution in [3.63, 3.8) is 0 Å². The summed E-state index contributed by atoms with van der Waals surface area (Å²) in [6.07, 6.45) is 0.681. The third-order valence-corrected chi connectivity index (χ3v) is 3.86. The standard InChI is InChI=1S/C13H9ClN4OS/c1-8-7-20-13(15-8)18-12(11(6-19)16-17-18)9-3-2-4-10(14)5-9/h2-7H,1H3. The van der Waals surface area contributed by atoms with Crippen molar-refractivity contribution in [3.05, 3.63) is 46.1 Å². The molecule has 0 saturated heterocycles. The molecule has 0 saturated carbocycles. The lowest BCUT2D eigenvalue weighted by atomic mass is 10.1. The van der Waals surface area contributed by atoms with E-state index in [0.717, 1.165) is 11.3 Å². The number of halogens is 1. The molecule has 0 unspecified atom stereocenters. The van der Waals surface area contributed by atoms with Gasteiger partial charge in [0.15, 0.2) is 12.0 Å². The highest BCUT2D eigenvalue weighted by molar-refractivity contribution is 7.12. The van der Waals surface area contributed by atoms with Crippen LogP contribution < -0.4 is 0 Å². The molecule has 3 aromatic rings. The van der Waals surface area contributed by atoms with E-state index in [1.54, 1.807) is 16.8 Å². The fraction of sp³-hybridized carbons (Fsp3) is 0.0769. The van der Waals surface area contributed by atoms with Crippen molar-refractivity contribution >= 4 is 29.2 Å². The topological polar surface area (TPSA) is 60.7 Å². The van der Waals surface area contributed by atoms with Crippen molar-refractivity contribution in [2.45, 2.75) is 6.92 Å². The summed E-state index contributed by atoms with van der Waals surface area (Å²) in [6, 6.07) is 7.21. The van der Waals surface area contributed by atoms with Gasteiger partial charge in [0.2, 0.25) is 5.13 Å². The number of hydrogen-bond acceptors (Lipinski definition) is 5. The van der Waals surface area contributed by atoms with Crippen LogP contribution in [0, 0.1) is 6.92 Å². The Hall–Kier alpha value is -2.05. The van der Waals surface area contributed by atoms with Crippen LogP contribution in [0.4, 0.5) is 0 Å². The van der Waals surface area contributed by atoms with Gasteiger partial charge in [0, 0.05) is 16.0 Å². The van der Waals surface area contributed by atoms with Gasteiger partial charge in [-0.15, -0.1) is 16.4 Å². The normalized spacial score (nSPS) is 10.7. The van der Waals surface area contributed by atoms with Gasteiger partial charge in [0.25, 0.3) is 0 Å². The number of aldehydes is 1. The number of aryl methyl sites for hydroxylation is 1. The van der Waals surface area contributed by atoms with Gasteiger partial charge >= 0.3 is 0 Å². The minimum Gasteiger partial charge on any atom is -0.296 e. The molecule has 0 atom stereocenters. The maximum absolute atomic E-state index is 11.2. The number of hydrogen-bond donors (Lipinski definition) is 0. The average molecular weight is 305 g/mol. The van der Waals surface area contributed by atoms with Gasteiger partial charge in [-0.1, -0.05) is 28.9 Å². The van der Waals surface area contributed by atoms with Gasteiger partial charge in [0.1, 0.15) is 5.69 Å². The summed E-state index contributed by atoms with van der Waals surface area (Å²) in [5.41, 5.74) is 2.53. The Morgan fingerprint density at radius 3 is 2.90 bits per heavy atom. The number of carbonyl (C=O) groups excluding carboxylic acids is 1. The van der Waals surface area contributed by atoms with Crippen molar-refractivity contribution in [1.82, 2.24) is 20.0 Å². The Morgan fingerprint density at radius 1 is 1.40 bits per heavy atom. The molecule has 100 valence electrons. The van der Waals surface area contributed by atoms with E-state index in [1.165, 1.54) is 11.3 Å². The highest BCUT2D eigenvalue weighted by Crippen LogP contribution is 2.27. The van der Waals surface area contributed by atoms with Gasteiger partial charge in [0.05, 0.1) is 5.69 Å². The average Bonchev–Trinajstić information content (AvgIpc) is 3.04. The molecule has 0 amide bonds. The zero-order valence-corrected chi connectivity index (χ0v) is 12.0. The Bertz CT molecular complexity index is 780. The summed E-state index contributed by atoms with van der Waals surface area (Å²) < 4.78 is 1.56. The Labute approximate surface area is 123 Å². The molecule has 2 aromatic heterocycles. The number of carbonyl (C=O) groups is 1. The summed E-state index contributed by atoms with van der Waals surface area (Å²) in [6.45, 7) is 1.90. The first-order chi connectivity index (χ1) is 9.69. The van der Waals surface area contributed by atoms with Crippen LogP contribution in [0.5, 0.6) is 0 Å². The second-order valence-electron chi connectivity index (χ2n) is 4.13. The lowest BCUT2D eigenvalue weighted by Gasteiger charge is -2.04. The number of thiazole rings is 1. The molecule has 2 heterocycles. The molecular weight excluding hydrogens is 296 g/mol. The van der Waals surface area contributed by atoms with Gasteiger partial charge in [-0.05, 0) is 19.1 Å². The molecule has 0 aliphatic heterocycles. The smallest absolute Gasteiger partial charge is 0.212 e. The molecule has 0 spiro atoms. The van der Waals surface area contributed by atoms with Gasteiger partial charge < -0.3 is 0 Å². The number of nitrogens with zero attached hydrogens (tertiary/aromatic N) is 4. The summed E-state index contributed by atoms with van der Waals surface area (Å²) in [5.74, 6) is 0. The van der Waals surface area contributed by atoms with Crippen molar-refractivity contribution < 1.29 is 4.79 Å². The quantitative estimate of drug-likeness (QED) is 0.697. The molecule has 5 nitrogen and oxygen atoms in total. The number of aromatic nitrogens is 4. The molecule has 0 aliphatic rings. The number of rotatable bonds is 3. The van der Waals surface area contributed by atoms with Crippen molar-refractivity contribution in [1.29, 1.82) is 0 Å². The van der Waals surface area contributed by atoms with Gasteiger partial charge in [-0.25, -0.2) is 4.98 Å². The van der Waals surface area contributed by atoms with Crippen LogP contribution in [-0.2, 0) is 0 Å². The minimum absolute atomic E-state index is 0.264. The molecule has 20 heavy (non-hydrogen) atoms. The molecule has 0 bridgehead atoms. The van der Waals surface area contributed by atoms with E-state index in [4.69, 9.17) is 11.6 Å². The molecule has 0 radical (unpaired) electrons. The summed E-state index contributed by atoms with van der Waals surface area (Å²) in [5, 5.41) is 11.1. The minimum atomic E-state index is 0.264. The monoisotopic (exact) mass is 304 g/mol. The number of benzene rings is 1. The summed E-state index contributed by atoms with van der Waals surface area (Å²) in [4.78, 5) is 15.5. The van der Waals surface area contributed by atoms with E-state index < -0.39 is 0 Å². The van der Waals surface area contributed by atoms with Gasteiger partial charge in [-0.3, -0.25) is 4.79 Å². The molecule has 3 rings (SSSR count). The maximum Gasteiger partial charge on any atom is 0.212 e. The molecule has 0 fully saturated rings. The fourth-order valence-corrected chi connectivity index (χ4v) is 2.79. The SMILES string of the molecule is Cc1csc(-n2nnc(C=O)c2-c2cccc(Cl)c2)n1. The van der Waals surface area contributed by atoms with Crippen molar-refractivity contribution in [2.24, 2.45) is 0 Å². The van der Waals surface area contributed by atoms with Crippen molar-refractivity contribution in [3.8, 4) is 16.4 Å². The van der Waals surface area contributed by atoms with Crippen LogP contribution in [0.25, 0.3) is 16.4 Å². The fourth-order valence-electron chi connectivity index (χ4n) is 1.85. The summed E-state index contributed by atoms with van der Waals surface area (Å²) in [7, 11) is 0. The Morgan fingerprint density at radius 2 is 2.25 bits per heavy atom.